The normalized spacial score (nSPS) is 14.9. The van der Waals surface area contributed by atoms with Crippen molar-refractivity contribution in [2.75, 3.05) is 0 Å². The van der Waals surface area contributed by atoms with Crippen LogP contribution in [-0.4, -0.2) is 14.8 Å². The lowest BCUT2D eigenvalue weighted by Crippen LogP contribution is -2.01. The Bertz CT molecular complexity index is 566. The molecule has 0 amide bonds. The van der Waals surface area contributed by atoms with Crippen molar-refractivity contribution >= 4 is 12.2 Å². The van der Waals surface area contributed by atoms with Crippen molar-refractivity contribution in [2.24, 2.45) is 5.92 Å². The number of hydrogen-bond donors (Lipinski definition) is 1. The van der Waals surface area contributed by atoms with Crippen LogP contribution in [0.5, 0.6) is 0 Å². The number of benzene rings is 1. The van der Waals surface area contributed by atoms with E-state index in [-0.39, 0.29) is 0 Å². The van der Waals surface area contributed by atoms with Gasteiger partial charge in [-0.25, -0.2) is 0 Å². The Morgan fingerprint density at radius 3 is 2.78 bits per heavy atom. The summed E-state index contributed by atoms with van der Waals surface area (Å²) in [6, 6.07) is 10.2. The molecule has 0 radical (unpaired) electrons. The second-order valence-electron chi connectivity index (χ2n) is 4.96. The number of aromatic amines is 1. The first-order valence-electron chi connectivity index (χ1n) is 6.55. The molecule has 0 unspecified atom stereocenters. The topological polar surface area (TPSA) is 33.6 Å². The smallest absolute Gasteiger partial charge is 0.195 e. The second-order valence-corrected chi connectivity index (χ2v) is 5.34. The van der Waals surface area contributed by atoms with Gasteiger partial charge in [0.05, 0.1) is 0 Å². The van der Waals surface area contributed by atoms with Gasteiger partial charge in [-0.3, -0.25) is 5.10 Å². The molecule has 1 heterocycles. The summed E-state index contributed by atoms with van der Waals surface area (Å²) in [5.74, 6) is 1.93. The summed E-state index contributed by atoms with van der Waals surface area (Å²) in [6.07, 6.45) is 5.35. The summed E-state index contributed by atoms with van der Waals surface area (Å²) in [5.41, 5.74) is 1.12. The van der Waals surface area contributed by atoms with Gasteiger partial charge in [-0.1, -0.05) is 43.2 Å². The molecular weight excluding hydrogens is 242 g/mol. The number of H-pyrrole nitrogens is 1. The van der Waals surface area contributed by atoms with Gasteiger partial charge in [0.2, 0.25) is 0 Å². The monoisotopic (exact) mass is 259 g/mol. The lowest BCUT2D eigenvalue weighted by atomic mass is 10.2. The molecule has 1 aromatic carbocycles. The largest absolute Gasteiger partial charge is 0.300 e. The van der Waals surface area contributed by atoms with E-state index in [0.717, 1.165) is 28.6 Å². The molecule has 0 spiro atoms. The van der Waals surface area contributed by atoms with E-state index in [1.165, 1.54) is 25.7 Å². The Morgan fingerprint density at radius 2 is 2.06 bits per heavy atom. The van der Waals surface area contributed by atoms with Gasteiger partial charge in [-0.15, -0.1) is 0 Å². The van der Waals surface area contributed by atoms with Crippen LogP contribution in [0, 0.1) is 10.7 Å². The maximum absolute atomic E-state index is 5.31. The van der Waals surface area contributed by atoms with E-state index in [9.17, 15) is 0 Å². The van der Waals surface area contributed by atoms with Gasteiger partial charge in [0.25, 0.3) is 0 Å². The molecular formula is C14H17N3S. The minimum absolute atomic E-state index is 0.727. The van der Waals surface area contributed by atoms with Crippen LogP contribution in [0.1, 0.15) is 25.7 Å². The SMILES string of the molecule is S=c1[nH]nc(-c2ccccc2)n1CCCC1CC1. The molecule has 2 aromatic rings. The van der Waals surface area contributed by atoms with Crippen LogP contribution in [0.2, 0.25) is 0 Å². The summed E-state index contributed by atoms with van der Waals surface area (Å²) in [7, 11) is 0. The zero-order chi connectivity index (χ0) is 12.4. The molecule has 94 valence electrons. The summed E-state index contributed by atoms with van der Waals surface area (Å²) in [6.45, 7) is 0.968. The highest BCUT2D eigenvalue weighted by atomic mass is 32.1. The zero-order valence-electron chi connectivity index (χ0n) is 10.3. The average molecular weight is 259 g/mol. The number of rotatable bonds is 5. The van der Waals surface area contributed by atoms with Crippen molar-refractivity contribution < 1.29 is 0 Å². The van der Waals surface area contributed by atoms with Gasteiger partial charge >= 0.3 is 0 Å². The van der Waals surface area contributed by atoms with Crippen molar-refractivity contribution in [1.29, 1.82) is 0 Å². The molecule has 1 N–H and O–H groups in total. The molecule has 1 aliphatic carbocycles. The van der Waals surface area contributed by atoms with Gasteiger partial charge in [-0.2, -0.15) is 5.10 Å². The van der Waals surface area contributed by atoms with E-state index in [4.69, 9.17) is 12.2 Å². The van der Waals surface area contributed by atoms with Crippen molar-refractivity contribution in [3.63, 3.8) is 0 Å². The Labute approximate surface area is 112 Å². The number of nitrogens with one attached hydrogen (secondary N) is 1. The Balaban J connectivity index is 1.79. The van der Waals surface area contributed by atoms with Crippen molar-refractivity contribution in [3.05, 3.63) is 35.1 Å². The quantitative estimate of drug-likeness (QED) is 0.829. The van der Waals surface area contributed by atoms with E-state index < -0.39 is 0 Å². The van der Waals surface area contributed by atoms with Gasteiger partial charge in [0.15, 0.2) is 10.6 Å². The molecule has 1 aliphatic rings. The van der Waals surface area contributed by atoms with Gasteiger partial charge in [0.1, 0.15) is 0 Å². The first kappa shape index (κ1) is 11.7. The lowest BCUT2D eigenvalue weighted by molar-refractivity contribution is 0.575. The van der Waals surface area contributed by atoms with Crippen LogP contribution in [-0.2, 0) is 6.54 Å². The molecule has 3 rings (SSSR count). The molecule has 3 nitrogen and oxygen atoms in total. The molecule has 0 saturated heterocycles. The van der Waals surface area contributed by atoms with Gasteiger partial charge < -0.3 is 4.57 Å². The fraction of sp³-hybridized carbons (Fsp3) is 0.429. The summed E-state index contributed by atoms with van der Waals surface area (Å²) in [5, 5.41) is 7.25. The highest BCUT2D eigenvalue weighted by molar-refractivity contribution is 7.71. The van der Waals surface area contributed by atoms with E-state index in [0.29, 0.717) is 0 Å². The summed E-state index contributed by atoms with van der Waals surface area (Å²) < 4.78 is 2.84. The van der Waals surface area contributed by atoms with E-state index in [2.05, 4.69) is 26.9 Å². The molecule has 4 heteroatoms. The maximum atomic E-state index is 5.31. The fourth-order valence-corrected chi connectivity index (χ4v) is 2.50. The molecule has 0 aliphatic heterocycles. The van der Waals surface area contributed by atoms with E-state index in [1.807, 2.05) is 18.2 Å². The van der Waals surface area contributed by atoms with Crippen LogP contribution in [0.15, 0.2) is 30.3 Å². The molecule has 18 heavy (non-hydrogen) atoms. The predicted molar refractivity (Wildman–Crippen MR) is 74.8 cm³/mol. The predicted octanol–water partition coefficient (Wildman–Crippen LogP) is 3.80. The first-order chi connectivity index (χ1) is 8.84. The highest BCUT2D eigenvalue weighted by Crippen LogP contribution is 2.33. The molecule has 0 atom stereocenters. The molecule has 1 saturated carbocycles. The molecule has 1 fully saturated rings. The van der Waals surface area contributed by atoms with Crippen LogP contribution in [0.25, 0.3) is 11.4 Å². The van der Waals surface area contributed by atoms with Crippen LogP contribution >= 0.6 is 12.2 Å². The van der Waals surface area contributed by atoms with Gasteiger partial charge in [0, 0.05) is 12.1 Å². The third-order valence-electron chi connectivity index (χ3n) is 3.48. The number of aromatic nitrogens is 3. The summed E-state index contributed by atoms with van der Waals surface area (Å²) >= 11 is 5.31. The Morgan fingerprint density at radius 1 is 1.28 bits per heavy atom. The van der Waals surface area contributed by atoms with Crippen LogP contribution in [0.3, 0.4) is 0 Å². The standard InChI is InChI=1S/C14H17N3S/c18-14-16-15-13(12-6-2-1-3-7-12)17(14)10-4-5-11-8-9-11/h1-3,6-7,11H,4-5,8-10H2,(H,16,18). The maximum Gasteiger partial charge on any atom is 0.195 e. The molecule has 0 bridgehead atoms. The first-order valence-corrected chi connectivity index (χ1v) is 6.96. The van der Waals surface area contributed by atoms with Crippen molar-refractivity contribution in [2.45, 2.75) is 32.2 Å². The zero-order valence-corrected chi connectivity index (χ0v) is 11.1. The minimum atomic E-state index is 0.727. The van der Waals surface area contributed by atoms with Crippen LogP contribution in [0.4, 0.5) is 0 Å². The molecule has 1 aromatic heterocycles. The number of hydrogen-bond acceptors (Lipinski definition) is 2. The second kappa shape index (κ2) is 5.06. The minimum Gasteiger partial charge on any atom is -0.300 e. The highest BCUT2D eigenvalue weighted by Gasteiger charge is 2.20. The summed E-state index contributed by atoms with van der Waals surface area (Å²) in [4.78, 5) is 0. The van der Waals surface area contributed by atoms with Crippen molar-refractivity contribution in [1.82, 2.24) is 14.8 Å². The lowest BCUT2D eigenvalue weighted by Gasteiger charge is -2.06. The Hall–Kier alpha value is -1.42. The van der Waals surface area contributed by atoms with Crippen LogP contribution < -0.4 is 0 Å². The van der Waals surface area contributed by atoms with Gasteiger partial charge in [-0.05, 0) is 31.0 Å². The van der Waals surface area contributed by atoms with E-state index >= 15 is 0 Å². The number of nitrogens with zero attached hydrogens (tertiary/aromatic N) is 2. The van der Waals surface area contributed by atoms with Crippen molar-refractivity contribution in [3.8, 4) is 11.4 Å². The third kappa shape index (κ3) is 2.53. The average Bonchev–Trinajstić information content (AvgIpc) is 3.15. The third-order valence-corrected chi connectivity index (χ3v) is 3.79. The van der Waals surface area contributed by atoms with E-state index in [1.54, 1.807) is 0 Å². The fourth-order valence-electron chi connectivity index (χ4n) is 2.28. The Kier molecular flexibility index (Phi) is 3.28.